The van der Waals surface area contributed by atoms with Crippen LogP contribution in [0.4, 0.5) is 0 Å². The summed E-state index contributed by atoms with van der Waals surface area (Å²) in [5, 5.41) is 82.2. The zero-order valence-electron chi connectivity index (χ0n) is 21.0. The molecular weight excluding hydrogens is 552 g/mol. The Morgan fingerprint density at radius 3 is 1.10 bits per heavy atom. The second-order valence-electron chi connectivity index (χ2n) is 9.30. The molecule has 0 radical (unpaired) electrons. The van der Waals surface area contributed by atoms with Crippen LogP contribution in [0, 0.1) is 0 Å². The molecule has 0 saturated heterocycles. The highest BCUT2D eigenvalue weighted by atomic mass is 16.4. The van der Waals surface area contributed by atoms with Crippen molar-refractivity contribution >= 4 is 21.9 Å². The quantitative estimate of drug-likeness (QED) is 0.137. The van der Waals surface area contributed by atoms with Crippen LogP contribution in [0.5, 0.6) is 46.0 Å². The van der Waals surface area contributed by atoms with Crippen LogP contribution in [0.2, 0.25) is 0 Å². The van der Waals surface area contributed by atoms with Crippen molar-refractivity contribution in [3.05, 3.63) is 81.5 Å². The van der Waals surface area contributed by atoms with E-state index in [1.807, 2.05) is 0 Å². The molecule has 2 heterocycles. The number of hydrogen-bond acceptors (Lipinski definition) is 12. The summed E-state index contributed by atoms with van der Waals surface area (Å²) < 4.78 is 11.3. The summed E-state index contributed by atoms with van der Waals surface area (Å²) in [4.78, 5) is 27.0. The molecule has 12 heteroatoms. The Balaban J connectivity index is 1.73. The van der Waals surface area contributed by atoms with Crippen molar-refractivity contribution in [2.75, 3.05) is 0 Å². The van der Waals surface area contributed by atoms with E-state index in [-0.39, 0.29) is 33.8 Å². The molecule has 12 nitrogen and oxygen atoms in total. The van der Waals surface area contributed by atoms with E-state index in [0.717, 1.165) is 12.5 Å². The van der Waals surface area contributed by atoms with Crippen LogP contribution in [0.3, 0.4) is 0 Å². The molecule has 0 amide bonds. The van der Waals surface area contributed by atoms with Gasteiger partial charge in [0.15, 0.2) is 34.2 Å². The minimum atomic E-state index is -1.20. The van der Waals surface area contributed by atoms with Crippen molar-refractivity contribution in [2.24, 2.45) is 0 Å². The van der Waals surface area contributed by atoms with E-state index < -0.39 is 78.4 Å². The molecule has 0 aliphatic heterocycles. The van der Waals surface area contributed by atoms with Gasteiger partial charge in [0.2, 0.25) is 22.4 Å². The van der Waals surface area contributed by atoms with Gasteiger partial charge in [0.25, 0.3) is 0 Å². The predicted molar refractivity (Wildman–Crippen MR) is 148 cm³/mol. The second-order valence-corrected chi connectivity index (χ2v) is 9.30. The molecule has 0 spiro atoms. The maximum absolute atomic E-state index is 13.5. The van der Waals surface area contributed by atoms with E-state index in [2.05, 4.69) is 0 Å². The lowest BCUT2D eigenvalue weighted by Crippen LogP contribution is -2.07. The van der Waals surface area contributed by atoms with Crippen LogP contribution in [0.15, 0.2) is 79.5 Å². The molecule has 6 rings (SSSR count). The zero-order chi connectivity index (χ0) is 30.0. The molecule has 0 aliphatic rings. The van der Waals surface area contributed by atoms with Crippen LogP contribution >= 0.6 is 0 Å². The third-order valence-electron chi connectivity index (χ3n) is 6.89. The van der Waals surface area contributed by atoms with E-state index >= 15 is 0 Å². The third kappa shape index (κ3) is 3.63. The summed E-state index contributed by atoms with van der Waals surface area (Å²) in [6.07, 6.45) is 1.93. The monoisotopic (exact) mass is 570 g/mol. The number of phenolic OH excluding ortho intramolecular Hbond substituents is 8. The first-order valence-corrected chi connectivity index (χ1v) is 12.0. The minimum absolute atomic E-state index is 0.0822. The Morgan fingerprint density at radius 2 is 0.762 bits per heavy atom. The Morgan fingerprint density at radius 1 is 0.429 bits per heavy atom. The van der Waals surface area contributed by atoms with Gasteiger partial charge in [-0.2, -0.15) is 0 Å². The first-order chi connectivity index (χ1) is 20.0. The van der Waals surface area contributed by atoms with Gasteiger partial charge in [-0.15, -0.1) is 0 Å². The predicted octanol–water partition coefficient (Wildman–Crippen LogP) is 4.55. The van der Waals surface area contributed by atoms with Crippen molar-refractivity contribution in [1.29, 1.82) is 0 Å². The largest absolute Gasteiger partial charge is 0.508 e. The van der Waals surface area contributed by atoms with Crippen molar-refractivity contribution in [3.8, 4) is 79.4 Å². The minimum Gasteiger partial charge on any atom is -0.508 e. The average Bonchev–Trinajstić information content (AvgIpc) is 2.97. The second kappa shape index (κ2) is 9.13. The molecule has 2 aromatic heterocycles. The van der Waals surface area contributed by atoms with E-state index in [9.17, 15) is 50.4 Å². The molecule has 6 aromatic rings. The number of aromatic hydroxyl groups is 8. The molecule has 0 saturated carbocycles. The zero-order valence-corrected chi connectivity index (χ0v) is 21.0. The third-order valence-corrected chi connectivity index (χ3v) is 6.89. The van der Waals surface area contributed by atoms with Crippen LogP contribution in [0.25, 0.3) is 55.3 Å². The van der Waals surface area contributed by atoms with Gasteiger partial charge in [-0.3, -0.25) is 9.59 Å². The number of rotatable bonds is 3. The Kier molecular flexibility index (Phi) is 5.64. The summed E-state index contributed by atoms with van der Waals surface area (Å²) in [6.45, 7) is 0. The van der Waals surface area contributed by atoms with Gasteiger partial charge in [-0.05, 0) is 35.4 Å². The smallest absolute Gasteiger partial charge is 0.204 e. The van der Waals surface area contributed by atoms with Crippen LogP contribution in [-0.2, 0) is 0 Å². The van der Waals surface area contributed by atoms with E-state index in [1.54, 1.807) is 0 Å². The van der Waals surface area contributed by atoms with Gasteiger partial charge in [0, 0.05) is 0 Å². The SMILES string of the molecule is O=c1c(-c2ccc(O)cc2)coc2c(-c3c(O)c(O)c(O)c4c(=O)c(-c5ccc(O)cc5)coc34)c(O)c(O)c(O)c12. The van der Waals surface area contributed by atoms with Gasteiger partial charge < -0.3 is 49.7 Å². The van der Waals surface area contributed by atoms with E-state index in [0.29, 0.717) is 0 Å². The summed E-state index contributed by atoms with van der Waals surface area (Å²) in [6, 6.07) is 10.8. The molecule has 0 fully saturated rings. The Bertz CT molecular complexity index is 2030. The van der Waals surface area contributed by atoms with Crippen molar-refractivity contribution in [3.63, 3.8) is 0 Å². The van der Waals surface area contributed by atoms with Gasteiger partial charge in [0.1, 0.15) is 34.8 Å². The molecule has 0 bridgehead atoms. The normalized spacial score (nSPS) is 11.3. The highest BCUT2D eigenvalue weighted by molar-refractivity contribution is 6.11. The first-order valence-electron chi connectivity index (χ1n) is 12.0. The standard InChI is InChI=1S/C30H18O12/c31-13-5-1-11(2-6-13)15-9-41-29-17(23(35)27(39)25(37)19(29)21(15)33)18-24(36)28(40)26(38)20-22(34)16(10-42-30(18)20)12-3-7-14(32)8-4-12/h1-10,31-32,35-40H. The highest BCUT2D eigenvalue weighted by Gasteiger charge is 2.32. The lowest BCUT2D eigenvalue weighted by atomic mass is 9.94. The number of fused-ring (bicyclic) bond motifs is 2. The maximum Gasteiger partial charge on any atom is 0.204 e. The van der Waals surface area contributed by atoms with Crippen LogP contribution in [0.1, 0.15) is 0 Å². The fraction of sp³-hybridized carbons (Fsp3) is 0. The summed E-state index contributed by atoms with van der Waals surface area (Å²) in [5.74, 6) is -6.93. The number of hydrogen-bond donors (Lipinski definition) is 8. The topological polar surface area (TPSA) is 222 Å². The molecule has 0 atom stereocenters. The fourth-order valence-electron chi connectivity index (χ4n) is 4.79. The molecule has 8 N–H and O–H groups in total. The van der Waals surface area contributed by atoms with Crippen LogP contribution in [-0.4, -0.2) is 40.9 Å². The van der Waals surface area contributed by atoms with Gasteiger partial charge in [0.05, 0.1) is 22.3 Å². The van der Waals surface area contributed by atoms with E-state index in [4.69, 9.17) is 8.83 Å². The molecule has 4 aromatic carbocycles. The van der Waals surface area contributed by atoms with E-state index in [1.165, 1.54) is 48.5 Å². The maximum atomic E-state index is 13.5. The highest BCUT2D eigenvalue weighted by Crippen LogP contribution is 2.55. The molecule has 210 valence electrons. The Labute approximate surface area is 232 Å². The lowest BCUT2D eigenvalue weighted by Gasteiger charge is -2.16. The Hall–Kier alpha value is -6.30. The first kappa shape index (κ1) is 26.0. The fourth-order valence-corrected chi connectivity index (χ4v) is 4.79. The summed E-state index contributed by atoms with van der Waals surface area (Å²) in [5.41, 5.74) is -3.95. The van der Waals surface area contributed by atoms with Crippen LogP contribution < -0.4 is 10.9 Å². The lowest BCUT2D eigenvalue weighted by molar-refractivity contribution is 0.367. The molecule has 0 aliphatic carbocycles. The van der Waals surface area contributed by atoms with Gasteiger partial charge >= 0.3 is 0 Å². The summed E-state index contributed by atoms with van der Waals surface area (Å²) in [7, 11) is 0. The summed E-state index contributed by atoms with van der Waals surface area (Å²) >= 11 is 0. The number of phenols is 8. The molecular formula is C30H18O12. The molecule has 0 unspecified atom stereocenters. The number of benzene rings is 4. The average molecular weight is 570 g/mol. The molecule has 42 heavy (non-hydrogen) atoms. The van der Waals surface area contributed by atoms with Gasteiger partial charge in [-0.1, -0.05) is 24.3 Å². The van der Waals surface area contributed by atoms with Crippen molar-refractivity contribution in [1.82, 2.24) is 0 Å². The van der Waals surface area contributed by atoms with Crippen molar-refractivity contribution < 1.29 is 49.7 Å². The van der Waals surface area contributed by atoms with Gasteiger partial charge in [-0.25, -0.2) is 0 Å². The van der Waals surface area contributed by atoms with Crippen molar-refractivity contribution in [2.45, 2.75) is 0 Å².